The molecule has 0 unspecified atom stereocenters. The molecule has 0 radical (unpaired) electrons. The van der Waals surface area contributed by atoms with Gasteiger partial charge in [-0.15, -0.1) is 0 Å². The van der Waals surface area contributed by atoms with Crippen molar-refractivity contribution in [1.82, 2.24) is 0 Å². The van der Waals surface area contributed by atoms with Gasteiger partial charge in [0.15, 0.2) is 5.78 Å². The first-order chi connectivity index (χ1) is 13.5. The highest BCUT2D eigenvalue weighted by Gasteiger charge is 2.48. The Bertz CT molecular complexity index is 894. The second-order valence-electron chi connectivity index (χ2n) is 6.24. The molecule has 2 aromatic rings. The van der Waals surface area contributed by atoms with Gasteiger partial charge >= 0.3 is 5.97 Å². The number of carbonyl (C=O) groups is 2. The SMILES string of the molecule is COC(=O)[C@H]1C(=O)c2cc(OC)ccc2[C@@H]1c1c(OC)cc(OC)cc1OC. The average molecular weight is 386 g/mol. The van der Waals surface area contributed by atoms with E-state index < -0.39 is 17.8 Å². The lowest BCUT2D eigenvalue weighted by Crippen LogP contribution is -2.26. The molecule has 0 bridgehead atoms. The first-order valence-electron chi connectivity index (χ1n) is 8.60. The number of hydrogen-bond donors (Lipinski definition) is 0. The molecule has 0 fully saturated rings. The highest BCUT2D eigenvalue weighted by Crippen LogP contribution is 2.50. The number of ketones is 1. The summed E-state index contributed by atoms with van der Waals surface area (Å²) in [7, 11) is 7.34. The fourth-order valence-electron chi connectivity index (χ4n) is 3.68. The van der Waals surface area contributed by atoms with E-state index >= 15 is 0 Å². The molecule has 7 heteroatoms. The van der Waals surface area contributed by atoms with Crippen LogP contribution in [-0.4, -0.2) is 47.3 Å². The van der Waals surface area contributed by atoms with E-state index in [1.165, 1.54) is 35.5 Å². The lowest BCUT2D eigenvalue weighted by atomic mass is 9.84. The van der Waals surface area contributed by atoms with E-state index in [2.05, 4.69) is 0 Å². The Morgan fingerprint density at radius 3 is 1.93 bits per heavy atom. The van der Waals surface area contributed by atoms with Gasteiger partial charge < -0.3 is 23.7 Å². The van der Waals surface area contributed by atoms with E-state index in [1.807, 2.05) is 0 Å². The Kier molecular flexibility index (Phi) is 5.44. The third kappa shape index (κ3) is 3.02. The van der Waals surface area contributed by atoms with Crippen LogP contribution in [0.2, 0.25) is 0 Å². The minimum Gasteiger partial charge on any atom is -0.497 e. The number of fused-ring (bicyclic) bond motifs is 1. The predicted molar refractivity (Wildman–Crippen MR) is 101 cm³/mol. The van der Waals surface area contributed by atoms with Gasteiger partial charge in [-0.3, -0.25) is 9.59 Å². The molecule has 7 nitrogen and oxygen atoms in total. The zero-order valence-electron chi connectivity index (χ0n) is 16.4. The molecule has 2 aromatic carbocycles. The fourth-order valence-corrected chi connectivity index (χ4v) is 3.68. The summed E-state index contributed by atoms with van der Waals surface area (Å²) in [6.45, 7) is 0. The van der Waals surface area contributed by atoms with Crippen molar-refractivity contribution in [2.24, 2.45) is 5.92 Å². The standard InChI is InChI=1S/C21H22O7/c1-24-11-6-7-13-14(8-11)20(22)19(21(23)28-5)17(13)18-15(26-3)9-12(25-2)10-16(18)27-4/h6-10,17,19H,1-5H3/t17-,19-/m1/s1. The first kappa shape index (κ1) is 19.5. The number of rotatable bonds is 6. The molecule has 0 aliphatic heterocycles. The molecule has 0 amide bonds. The average Bonchev–Trinajstić information content (AvgIpc) is 3.03. The zero-order valence-corrected chi connectivity index (χ0v) is 16.4. The Balaban J connectivity index is 2.30. The van der Waals surface area contributed by atoms with Crippen LogP contribution in [-0.2, 0) is 9.53 Å². The molecule has 0 spiro atoms. The summed E-state index contributed by atoms with van der Waals surface area (Å²) in [6, 6.07) is 8.55. The fraction of sp³-hybridized carbons (Fsp3) is 0.333. The first-order valence-corrected chi connectivity index (χ1v) is 8.60. The van der Waals surface area contributed by atoms with Gasteiger partial charge in [-0.05, 0) is 17.7 Å². The molecular weight excluding hydrogens is 364 g/mol. The van der Waals surface area contributed by atoms with Gasteiger partial charge in [-0.1, -0.05) is 6.07 Å². The molecule has 0 heterocycles. The van der Waals surface area contributed by atoms with Gasteiger partial charge in [0.25, 0.3) is 0 Å². The Morgan fingerprint density at radius 2 is 1.43 bits per heavy atom. The summed E-state index contributed by atoms with van der Waals surface area (Å²) in [5.41, 5.74) is 1.68. The van der Waals surface area contributed by atoms with Gasteiger partial charge in [0.1, 0.15) is 28.9 Å². The number of carbonyl (C=O) groups excluding carboxylic acids is 2. The van der Waals surface area contributed by atoms with Gasteiger partial charge in [0.2, 0.25) is 0 Å². The molecule has 0 aromatic heterocycles. The van der Waals surface area contributed by atoms with Crippen LogP contribution in [0.4, 0.5) is 0 Å². The van der Waals surface area contributed by atoms with Gasteiger partial charge in [0.05, 0.1) is 35.5 Å². The van der Waals surface area contributed by atoms with Crippen LogP contribution < -0.4 is 18.9 Å². The maximum Gasteiger partial charge on any atom is 0.317 e. The lowest BCUT2D eigenvalue weighted by molar-refractivity contribution is -0.143. The van der Waals surface area contributed by atoms with Gasteiger partial charge in [-0.2, -0.15) is 0 Å². The quantitative estimate of drug-likeness (QED) is 0.558. The monoisotopic (exact) mass is 386 g/mol. The van der Waals surface area contributed by atoms with Crippen LogP contribution in [0.3, 0.4) is 0 Å². The third-order valence-electron chi connectivity index (χ3n) is 5.00. The molecule has 3 rings (SSSR count). The van der Waals surface area contributed by atoms with E-state index in [1.54, 1.807) is 30.3 Å². The van der Waals surface area contributed by atoms with Crippen molar-refractivity contribution in [3.63, 3.8) is 0 Å². The number of Topliss-reactive ketones (excluding diaryl/α,β-unsaturated/α-hetero) is 1. The molecule has 0 saturated heterocycles. The molecule has 2 atom stereocenters. The highest BCUT2D eigenvalue weighted by molar-refractivity contribution is 6.14. The van der Waals surface area contributed by atoms with Crippen LogP contribution in [0.1, 0.15) is 27.4 Å². The summed E-state index contributed by atoms with van der Waals surface area (Å²) in [4.78, 5) is 25.7. The molecule has 0 saturated carbocycles. The predicted octanol–water partition coefficient (Wildman–Crippen LogP) is 2.84. The summed E-state index contributed by atoms with van der Waals surface area (Å²) in [5, 5.41) is 0. The molecule has 148 valence electrons. The van der Waals surface area contributed by atoms with Gasteiger partial charge in [0, 0.05) is 29.2 Å². The van der Waals surface area contributed by atoms with E-state index in [9.17, 15) is 9.59 Å². The lowest BCUT2D eigenvalue weighted by Gasteiger charge is -2.23. The zero-order chi connectivity index (χ0) is 20.4. The maximum absolute atomic E-state index is 13.1. The number of methoxy groups -OCH3 is 5. The number of esters is 1. The second-order valence-corrected chi connectivity index (χ2v) is 6.24. The second kappa shape index (κ2) is 7.80. The largest absolute Gasteiger partial charge is 0.497 e. The molecule has 1 aliphatic rings. The summed E-state index contributed by atoms with van der Waals surface area (Å²) in [6.07, 6.45) is 0. The topological polar surface area (TPSA) is 80.3 Å². The van der Waals surface area contributed by atoms with Crippen LogP contribution >= 0.6 is 0 Å². The van der Waals surface area contributed by atoms with Crippen LogP contribution in [0.25, 0.3) is 0 Å². The van der Waals surface area contributed by atoms with Crippen LogP contribution in [0.15, 0.2) is 30.3 Å². The van der Waals surface area contributed by atoms with E-state index in [0.717, 1.165) is 0 Å². The summed E-state index contributed by atoms with van der Waals surface area (Å²) >= 11 is 0. The van der Waals surface area contributed by atoms with Crippen LogP contribution in [0, 0.1) is 5.92 Å². The van der Waals surface area contributed by atoms with E-state index in [0.29, 0.717) is 39.7 Å². The molecule has 28 heavy (non-hydrogen) atoms. The summed E-state index contributed by atoms with van der Waals surface area (Å²) in [5.74, 6) is -0.662. The van der Waals surface area contributed by atoms with Gasteiger partial charge in [-0.25, -0.2) is 0 Å². The minimum atomic E-state index is -1.05. The normalized spacial score (nSPS) is 17.7. The highest BCUT2D eigenvalue weighted by atomic mass is 16.5. The van der Waals surface area contributed by atoms with Crippen molar-refractivity contribution in [1.29, 1.82) is 0 Å². The summed E-state index contributed by atoms with van der Waals surface area (Å²) < 4.78 is 26.6. The smallest absolute Gasteiger partial charge is 0.317 e. The Labute approximate surface area is 163 Å². The van der Waals surface area contributed by atoms with Crippen LogP contribution in [0.5, 0.6) is 23.0 Å². The number of hydrogen-bond acceptors (Lipinski definition) is 7. The maximum atomic E-state index is 13.1. The van der Waals surface area contributed by atoms with Crippen molar-refractivity contribution in [3.8, 4) is 23.0 Å². The van der Waals surface area contributed by atoms with Crippen molar-refractivity contribution in [3.05, 3.63) is 47.0 Å². The van der Waals surface area contributed by atoms with E-state index in [4.69, 9.17) is 23.7 Å². The number of ether oxygens (including phenoxy) is 5. The minimum absolute atomic E-state index is 0.328. The Hall–Kier alpha value is -3.22. The van der Waals surface area contributed by atoms with E-state index in [-0.39, 0.29) is 5.78 Å². The number of benzene rings is 2. The van der Waals surface area contributed by atoms with Crippen molar-refractivity contribution >= 4 is 11.8 Å². The van der Waals surface area contributed by atoms with Crippen molar-refractivity contribution < 1.29 is 33.3 Å². The molecule has 1 aliphatic carbocycles. The van der Waals surface area contributed by atoms with Crippen molar-refractivity contribution in [2.45, 2.75) is 5.92 Å². The third-order valence-corrected chi connectivity index (χ3v) is 5.00. The molecule has 0 N–H and O–H groups in total. The molecular formula is C21H22O7. The van der Waals surface area contributed by atoms with Crippen molar-refractivity contribution in [2.75, 3.05) is 35.5 Å². The Morgan fingerprint density at radius 1 is 0.821 bits per heavy atom.